The Morgan fingerprint density at radius 3 is 2.88 bits per heavy atom. The standard InChI is InChI=1S/C13H18BrNO/c1-9-3-2-4-12(9)13(16)7-11-6-5-10(14)8-15-11/h5-6,8-9,12-13,16H,2-4,7H2,1H3. The molecule has 2 nitrogen and oxygen atoms in total. The first-order chi connectivity index (χ1) is 7.66. The first kappa shape index (κ1) is 12.1. The van der Waals surface area contributed by atoms with Crippen LogP contribution in [0, 0.1) is 11.8 Å². The highest BCUT2D eigenvalue weighted by molar-refractivity contribution is 9.10. The monoisotopic (exact) mass is 283 g/mol. The second-order valence-electron chi connectivity index (χ2n) is 4.81. The van der Waals surface area contributed by atoms with Crippen LogP contribution in [0.1, 0.15) is 31.9 Å². The summed E-state index contributed by atoms with van der Waals surface area (Å²) in [6.07, 6.45) is 5.93. The lowest BCUT2D eigenvalue weighted by atomic mass is 9.90. The van der Waals surface area contributed by atoms with Crippen molar-refractivity contribution in [3.63, 3.8) is 0 Å². The molecule has 2 rings (SSSR count). The molecule has 3 unspecified atom stereocenters. The molecule has 0 saturated heterocycles. The summed E-state index contributed by atoms with van der Waals surface area (Å²) in [5.41, 5.74) is 0.981. The van der Waals surface area contributed by atoms with Crippen molar-refractivity contribution >= 4 is 15.9 Å². The average Bonchev–Trinajstić information content (AvgIpc) is 2.68. The van der Waals surface area contributed by atoms with Crippen molar-refractivity contribution in [3.05, 3.63) is 28.5 Å². The predicted molar refractivity (Wildman–Crippen MR) is 68.2 cm³/mol. The summed E-state index contributed by atoms with van der Waals surface area (Å²) in [5, 5.41) is 10.2. The van der Waals surface area contributed by atoms with Gasteiger partial charge in [0.2, 0.25) is 0 Å². The molecule has 0 bridgehead atoms. The smallest absolute Gasteiger partial charge is 0.0626 e. The van der Waals surface area contributed by atoms with E-state index in [9.17, 15) is 5.11 Å². The van der Waals surface area contributed by atoms with E-state index in [2.05, 4.69) is 27.8 Å². The van der Waals surface area contributed by atoms with Gasteiger partial charge in [0.15, 0.2) is 0 Å². The fourth-order valence-electron chi connectivity index (χ4n) is 2.64. The van der Waals surface area contributed by atoms with Crippen LogP contribution in [0.15, 0.2) is 22.8 Å². The Bertz CT molecular complexity index is 338. The molecule has 88 valence electrons. The normalized spacial score (nSPS) is 26.9. The molecule has 1 aromatic heterocycles. The van der Waals surface area contributed by atoms with Crippen molar-refractivity contribution in [1.29, 1.82) is 0 Å². The Morgan fingerprint density at radius 2 is 2.31 bits per heavy atom. The predicted octanol–water partition coefficient (Wildman–Crippen LogP) is 3.18. The lowest BCUT2D eigenvalue weighted by Gasteiger charge is -2.21. The number of halogens is 1. The minimum absolute atomic E-state index is 0.230. The van der Waals surface area contributed by atoms with E-state index in [0.717, 1.165) is 10.2 Å². The Kier molecular flexibility index (Phi) is 3.98. The first-order valence-electron chi connectivity index (χ1n) is 5.95. The zero-order chi connectivity index (χ0) is 11.5. The van der Waals surface area contributed by atoms with E-state index in [1.54, 1.807) is 6.20 Å². The number of aliphatic hydroxyl groups excluding tert-OH is 1. The van der Waals surface area contributed by atoms with E-state index in [1.807, 2.05) is 12.1 Å². The lowest BCUT2D eigenvalue weighted by Crippen LogP contribution is -2.25. The molecule has 1 saturated carbocycles. The number of hydrogen-bond acceptors (Lipinski definition) is 2. The fourth-order valence-corrected chi connectivity index (χ4v) is 2.87. The third-order valence-electron chi connectivity index (χ3n) is 3.63. The van der Waals surface area contributed by atoms with Gasteiger partial charge in [0.25, 0.3) is 0 Å². The summed E-state index contributed by atoms with van der Waals surface area (Å²) in [6, 6.07) is 3.96. The Labute approximate surface area is 105 Å². The molecular weight excluding hydrogens is 266 g/mol. The largest absolute Gasteiger partial charge is 0.392 e. The van der Waals surface area contributed by atoms with Gasteiger partial charge in [-0.2, -0.15) is 0 Å². The molecule has 1 aliphatic carbocycles. The highest BCUT2D eigenvalue weighted by Crippen LogP contribution is 2.34. The summed E-state index contributed by atoms with van der Waals surface area (Å²) in [5.74, 6) is 1.12. The molecule has 1 N–H and O–H groups in total. The highest BCUT2D eigenvalue weighted by Gasteiger charge is 2.29. The van der Waals surface area contributed by atoms with Crippen molar-refractivity contribution in [2.24, 2.45) is 11.8 Å². The molecule has 1 aromatic rings. The van der Waals surface area contributed by atoms with E-state index in [4.69, 9.17) is 0 Å². The first-order valence-corrected chi connectivity index (χ1v) is 6.74. The molecule has 0 aliphatic heterocycles. The third-order valence-corrected chi connectivity index (χ3v) is 4.10. The van der Waals surface area contributed by atoms with Crippen LogP contribution in [0.3, 0.4) is 0 Å². The third kappa shape index (κ3) is 2.83. The van der Waals surface area contributed by atoms with Crippen LogP contribution in [0.2, 0.25) is 0 Å². The van der Waals surface area contributed by atoms with Gasteiger partial charge in [0.1, 0.15) is 0 Å². The summed E-state index contributed by atoms with van der Waals surface area (Å²) in [4.78, 5) is 4.31. The zero-order valence-corrected chi connectivity index (χ0v) is 11.2. The molecule has 0 amide bonds. The van der Waals surface area contributed by atoms with Crippen LogP contribution in [-0.4, -0.2) is 16.2 Å². The minimum atomic E-state index is -0.230. The lowest BCUT2D eigenvalue weighted by molar-refractivity contribution is 0.0893. The molecular formula is C13H18BrNO. The van der Waals surface area contributed by atoms with Gasteiger partial charge in [-0.1, -0.05) is 19.8 Å². The number of rotatable bonds is 3. The molecule has 1 fully saturated rings. The number of nitrogens with zero attached hydrogens (tertiary/aromatic N) is 1. The van der Waals surface area contributed by atoms with Crippen molar-refractivity contribution in [2.75, 3.05) is 0 Å². The van der Waals surface area contributed by atoms with Crippen LogP contribution in [0.5, 0.6) is 0 Å². The van der Waals surface area contributed by atoms with Gasteiger partial charge >= 0.3 is 0 Å². The summed E-state index contributed by atoms with van der Waals surface area (Å²) >= 11 is 3.36. The molecule has 0 radical (unpaired) electrons. The molecule has 0 spiro atoms. The number of aromatic nitrogens is 1. The van der Waals surface area contributed by atoms with Gasteiger partial charge in [-0.3, -0.25) is 4.98 Å². The maximum absolute atomic E-state index is 10.2. The Balaban J connectivity index is 1.96. The Hall–Kier alpha value is -0.410. The fraction of sp³-hybridized carbons (Fsp3) is 0.615. The van der Waals surface area contributed by atoms with Crippen molar-refractivity contribution in [1.82, 2.24) is 4.98 Å². The van der Waals surface area contributed by atoms with Gasteiger partial charge < -0.3 is 5.11 Å². The Morgan fingerprint density at radius 1 is 1.50 bits per heavy atom. The summed E-state index contributed by atoms with van der Waals surface area (Å²) in [6.45, 7) is 2.25. The van der Waals surface area contributed by atoms with Crippen LogP contribution in [-0.2, 0) is 6.42 Å². The molecule has 1 heterocycles. The highest BCUT2D eigenvalue weighted by atomic mass is 79.9. The van der Waals surface area contributed by atoms with Gasteiger partial charge in [-0.25, -0.2) is 0 Å². The number of pyridine rings is 1. The summed E-state index contributed by atoms with van der Waals surface area (Å²) in [7, 11) is 0. The maximum Gasteiger partial charge on any atom is 0.0626 e. The number of aliphatic hydroxyl groups is 1. The SMILES string of the molecule is CC1CCCC1C(O)Cc1ccc(Br)cn1. The molecule has 3 atom stereocenters. The molecule has 1 aliphatic rings. The minimum Gasteiger partial charge on any atom is -0.392 e. The van der Waals surface area contributed by atoms with Gasteiger partial charge in [-0.05, 0) is 46.3 Å². The van der Waals surface area contributed by atoms with Crippen LogP contribution in [0.25, 0.3) is 0 Å². The number of hydrogen-bond donors (Lipinski definition) is 1. The van der Waals surface area contributed by atoms with Gasteiger partial charge in [-0.15, -0.1) is 0 Å². The van der Waals surface area contributed by atoms with Crippen LogP contribution in [0.4, 0.5) is 0 Å². The maximum atomic E-state index is 10.2. The van der Waals surface area contributed by atoms with Gasteiger partial charge in [0.05, 0.1) is 6.10 Å². The van der Waals surface area contributed by atoms with E-state index < -0.39 is 0 Å². The van der Waals surface area contributed by atoms with Crippen molar-refractivity contribution in [2.45, 2.75) is 38.7 Å². The van der Waals surface area contributed by atoms with Crippen LogP contribution >= 0.6 is 15.9 Å². The molecule has 0 aromatic carbocycles. The average molecular weight is 284 g/mol. The van der Waals surface area contributed by atoms with Crippen molar-refractivity contribution in [3.8, 4) is 0 Å². The van der Waals surface area contributed by atoms with Crippen molar-refractivity contribution < 1.29 is 5.11 Å². The zero-order valence-electron chi connectivity index (χ0n) is 9.56. The van der Waals surface area contributed by atoms with E-state index in [1.165, 1.54) is 19.3 Å². The van der Waals surface area contributed by atoms with E-state index >= 15 is 0 Å². The van der Waals surface area contributed by atoms with E-state index in [-0.39, 0.29) is 6.10 Å². The van der Waals surface area contributed by atoms with Crippen LogP contribution < -0.4 is 0 Å². The quantitative estimate of drug-likeness (QED) is 0.924. The second-order valence-corrected chi connectivity index (χ2v) is 5.73. The second kappa shape index (κ2) is 5.28. The van der Waals surface area contributed by atoms with Gasteiger partial charge in [0, 0.05) is 22.8 Å². The summed E-state index contributed by atoms with van der Waals surface area (Å²) < 4.78 is 0.986. The van der Waals surface area contributed by atoms with E-state index in [0.29, 0.717) is 18.3 Å². The molecule has 3 heteroatoms. The molecule has 16 heavy (non-hydrogen) atoms. The topological polar surface area (TPSA) is 33.1 Å².